The van der Waals surface area contributed by atoms with Crippen LogP contribution in [-0.4, -0.2) is 0 Å². The minimum absolute atomic E-state index is 0.939. The van der Waals surface area contributed by atoms with Gasteiger partial charge in [-0.25, -0.2) is 0 Å². The normalized spacial score (nSPS) is 24.6. The molecule has 20 heavy (non-hydrogen) atoms. The van der Waals surface area contributed by atoms with Crippen LogP contribution in [0.5, 0.6) is 0 Å². The summed E-state index contributed by atoms with van der Waals surface area (Å²) >= 11 is 0. The molecule has 1 atom stereocenters. The average molecular weight is 272 g/mol. The van der Waals surface area contributed by atoms with Gasteiger partial charge in [-0.2, -0.15) is 0 Å². The second-order valence-electron chi connectivity index (χ2n) is 7.21. The summed E-state index contributed by atoms with van der Waals surface area (Å²) in [6, 6.07) is 9.09. The first-order chi connectivity index (χ1) is 9.67. The molecule has 1 aromatic carbocycles. The highest BCUT2D eigenvalue weighted by Crippen LogP contribution is 2.35. The largest absolute Gasteiger partial charge is 0.0654 e. The number of aryl methyl sites for hydroxylation is 1. The molecule has 1 aliphatic carbocycles. The van der Waals surface area contributed by atoms with Crippen molar-refractivity contribution in [1.29, 1.82) is 0 Å². The highest BCUT2D eigenvalue weighted by Gasteiger charge is 2.22. The average Bonchev–Trinajstić information content (AvgIpc) is 2.41. The van der Waals surface area contributed by atoms with Crippen molar-refractivity contribution >= 4 is 0 Å². The van der Waals surface area contributed by atoms with E-state index in [9.17, 15) is 0 Å². The van der Waals surface area contributed by atoms with E-state index in [2.05, 4.69) is 45.0 Å². The predicted molar refractivity (Wildman–Crippen MR) is 89.0 cm³/mol. The first-order valence-electron chi connectivity index (χ1n) is 8.73. The molecule has 2 rings (SSSR count). The van der Waals surface area contributed by atoms with Crippen LogP contribution in [0.3, 0.4) is 0 Å². The topological polar surface area (TPSA) is 0 Å². The SMILES string of the molecule is CCCC(C)CC1CCC(Cc2cccc(C)c2)CC1. The molecule has 0 aromatic heterocycles. The van der Waals surface area contributed by atoms with E-state index < -0.39 is 0 Å². The van der Waals surface area contributed by atoms with Crippen LogP contribution >= 0.6 is 0 Å². The number of hydrogen-bond donors (Lipinski definition) is 0. The molecule has 1 aliphatic rings. The van der Waals surface area contributed by atoms with Crippen LogP contribution in [0.15, 0.2) is 24.3 Å². The second-order valence-corrected chi connectivity index (χ2v) is 7.21. The van der Waals surface area contributed by atoms with Crippen LogP contribution < -0.4 is 0 Å². The van der Waals surface area contributed by atoms with Gasteiger partial charge in [-0.05, 0) is 55.9 Å². The summed E-state index contributed by atoms with van der Waals surface area (Å²) in [6.45, 7) is 6.97. The van der Waals surface area contributed by atoms with Gasteiger partial charge in [0.25, 0.3) is 0 Å². The van der Waals surface area contributed by atoms with Crippen molar-refractivity contribution in [3.8, 4) is 0 Å². The summed E-state index contributed by atoms with van der Waals surface area (Å²) in [7, 11) is 0. The summed E-state index contributed by atoms with van der Waals surface area (Å²) < 4.78 is 0. The lowest BCUT2D eigenvalue weighted by Crippen LogP contribution is -2.18. The molecule has 0 radical (unpaired) electrons. The fourth-order valence-electron chi connectivity index (χ4n) is 4.02. The van der Waals surface area contributed by atoms with Crippen LogP contribution in [0.4, 0.5) is 0 Å². The Morgan fingerprint density at radius 2 is 1.80 bits per heavy atom. The highest BCUT2D eigenvalue weighted by atomic mass is 14.3. The van der Waals surface area contributed by atoms with Crippen LogP contribution in [0.1, 0.15) is 69.9 Å². The van der Waals surface area contributed by atoms with Gasteiger partial charge in [0.05, 0.1) is 0 Å². The second kappa shape index (κ2) is 7.86. The first-order valence-corrected chi connectivity index (χ1v) is 8.73. The van der Waals surface area contributed by atoms with Crippen molar-refractivity contribution in [3.05, 3.63) is 35.4 Å². The third-order valence-electron chi connectivity index (χ3n) is 5.09. The number of hydrogen-bond acceptors (Lipinski definition) is 0. The third kappa shape index (κ3) is 4.96. The Labute approximate surface area is 126 Å². The van der Waals surface area contributed by atoms with Crippen molar-refractivity contribution in [2.45, 2.75) is 72.1 Å². The summed E-state index contributed by atoms with van der Waals surface area (Å²) in [4.78, 5) is 0. The Kier molecular flexibility index (Phi) is 6.13. The molecule has 0 heteroatoms. The van der Waals surface area contributed by atoms with E-state index in [1.54, 1.807) is 5.56 Å². The molecular weight excluding hydrogens is 240 g/mol. The minimum atomic E-state index is 0.939. The highest BCUT2D eigenvalue weighted by molar-refractivity contribution is 5.22. The summed E-state index contributed by atoms with van der Waals surface area (Å²) in [5.41, 5.74) is 2.96. The van der Waals surface area contributed by atoms with Gasteiger partial charge in [0.2, 0.25) is 0 Å². The molecule has 1 aromatic rings. The molecule has 0 bridgehead atoms. The molecule has 1 unspecified atom stereocenters. The molecule has 0 heterocycles. The van der Waals surface area contributed by atoms with Gasteiger partial charge in [-0.15, -0.1) is 0 Å². The molecule has 0 amide bonds. The zero-order chi connectivity index (χ0) is 14.4. The fourth-order valence-corrected chi connectivity index (χ4v) is 4.02. The van der Waals surface area contributed by atoms with E-state index in [-0.39, 0.29) is 0 Å². The monoisotopic (exact) mass is 272 g/mol. The molecule has 0 aliphatic heterocycles. The number of benzene rings is 1. The molecule has 0 saturated heterocycles. The van der Waals surface area contributed by atoms with Crippen molar-refractivity contribution in [1.82, 2.24) is 0 Å². The predicted octanol–water partition coefficient (Wildman–Crippen LogP) is 6.17. The van der Waals surface area contributed by atoms with E-state index in [4.69, 9.17) is 0 Å². The van der Waals surface area contributed by atoms with Crippen LogP contribution in [0.25, 0.3) is 0 Å². The van der Waals surface area contributed by atoms with E-state index in [0.717, 1.165) is 17.8 Å². The van der Waals surface area contributed by atoms with E-state index in [1.165, 1.54) is 56.9 Å². The Hall–Kier alpha value is -0.780. The smallest absolute Gasteiger partial charge is 0.0250 e. The Balaban J connectivity index is 1.74. The van der Waals surface area contributed by atoms with Crippen molar-refractivity contribution in [3.63, 3.8) is 0 Å². The van der Waals surface area contributed by atoms with Gasteiger partial charge in [0.15, 0.2) is 0 Å². The van der Waals surface area contributed by atoms with E-state index >= 15 is 0 Å². The standard InChI is InChI=1S/C20H32/c1-4-6-16(2)13-18-9-11-19(12-10-18)15-20-8-5-7-17(3)14-20/h5,7-8,14,16,18-19H,4,6,9-13,15H2,1-3H3. The third-order valence-corrected chi connectivity index (χ3v) is 5.09. The Morgan fingerprint density at radius 3 is 2.45 bits per heavy atom. The maximum atomic E-state index is 2.45. The zero-order valence-corrected chi connectivity index (χ0v) is 13.7. The van der Waals surface area contributed by atoms with Crippen molar-refractivity contribution in [2.75, 3.05) is 0 Å². The van der Waals surface area contributed by atoms with Crippen molar-refractivity contribution < 1.29 is 0 Å². The molecule has 0 spiro atoms. The molecule has 1 fully saturated rings. The summed E-state index contributed by atoms with van der Waals surface area (Å²) in [5, 5.41) is 0. The lowest BCUT2D eigenvalue weighted by molar-refractivity contribution is 0.235. The zero-order valence-electron chi connectivity index (χ0n) is 13.7. The van der Waals surface area contributed by atoms with Gasteiger partial charge in [-0.1, -0.05) is 69.4 Å². The molecular formula is C20H32. The van der Waals surface area contributed by atoms with Gasteiger partial charge in [0, 0.05) is 0 Å². The number of rotatable bonds is 6. The maximum absolute atomic E-state index is 2.45. The van der Waals surface area contributed by atoms with E-state index in [0.29, 0.717) is 0 Å². The van der Waals surface area contributed by atoms with Crippen LogP contribution in [0, 0.1) is 24.7 Å². The van der Waals surface area contributed by atoms with Gasteiger partial charge in [-0.3, -0.25) is 0 Å². The quantitative estimate of drug-likeness (QED) is 0.581. The Bertz CT molecular complexity index is 385. The van der Waals surface area contributed by atoms with Gasteiger partial charge in [0.1, 0.15) is 0 Å². The van der Waals surface area contributed by atoms with E-state index in [1.807, 2.05) is 0 Å². The summed E-state index contributed by atoms with van der Waals surface area (Å²) in [5.74, 6) is 2.90. The van der Waals surface area contributed by atoms with Gasteiger partial charge >= 0.3 is 0 Å². The first kappa shape index (κ1) is 15.6. The minimum Gasteiger partial charge on any atom is -0.0654 e. The molecule has 112 valence electrons. The van der Waals surface area contributed by atoms with Crippen LogP contribution in [-0.2, 0) is 6.42 Å². The van der Waals surface area contributed by atoms with Crippen LogP contribution in [0.2, 0.25) is 0 Å². The summed E-state index contributed by atoms with van der Waals surface area (Å²) in [6.07, 6.45) is 11.4. The Morgan fingerprint density at radius 1 is 1.10 bits per heavy atom. The molecule has 0 N–H and O–H groups in total. The lowest BCUT2D eigenvalue weighted by atomic mass is 9.76. The van der Waals surface area contributed by atoms with Crippen molar-refractivity contribution in [2.24, 2.45) is 17.8 Å². The maximum Gasteiger partial charge on any atom is -0.0250 e. The fraction of sp³-hybridized carbons (Fsp3) is 0.700. The molecule has 1 saturated carbocycles. The molecule has 0 nitrogen and oxygen atoms in total. The lowest BCUT2D eigenvalue weighted by Gasteiger charge is -2.30. The van der Waals surface area contributed by atoms with Gasteiger partial charge < -0.3 is 0 Å².